The molecule has 1 aromatic heterocycles. The van der Waals surface area contributed by atoms with Crippen LogP contribution >= 0.6 is 0 Å². The van der Waals surface area contributed by atoms with E-state index in [1.165, 1.54) is 33.2 Å². The van der Waals surface area contributed by atoms with E-state index in [0.717, 1.165) is 19.6 Å². The fraction of sp³-hybridized carbons (Fsp3) is 0.167. The Morgan fingerprint density at radius 1 is 0.731 bits per heavy atom. The highest BCUT2D eigenvalue weighted by Crippen LogP contribution is 2.23. The summed E-state index contributed by atoms with van der Waals surface area (Å²) < 4.78 is 2.37. The van der Waals surface area contributed by atoms with E-state index in [1.54, 1.807) is 0 Å². The van der Waals surface area contributed by atoms with E-state index in [2.05, 4.69) is 102 Å². The first-order valence-corrected chi connectivity index (χ1v) is 9.17. The van der Waals surface area contributed by atoms with Gasteiger partial charge in [0.05, 0.1) is 0 Å². The van der Waals surface area contributed by atoms with Gasteiger partial charge in [0.15, 0.2) is 0 Å². The average Bonchev–Trinajstić information content (AvgIpc) is 3.02. The molecule has 3 aromatic carbocycles. The van der Waals surface area contributed by atoms with Gasteiger partial charge >= 0.3 is 0 Å². The van der Waals surface area contributed by atoms with Crippen LogP contribution in [0, 0.1) is 6.92 Å². The molecule has 0 aliphatic rings. The van der Waals surface area contributed by atoms with E-state index in [9.17, 15) is 0 Å². The van der Waals surface area contributed by atoms with Crippen LogP contribution in [0.4, 0.5) is 0 Å². The zero-order valence-corrected chi connectivity index (χ0v) is 15.2. The van der Waals surface area contributed by atoms with Crippen LogP contribution in [0.5, 0.6) is 0 Å². The Balaban J connectivity index is 1.57. The number of fused-ring (bicyclic) bond motifs is 1. The second-order valence-electron chi connectivity index (χ2n) is 6.82. The molecule has 26 heavy (non-hydrogen) atoms. The highest BCUT2D eigenvalue weighted by Gasteiger charge is 2.09. The van der Waals surface area contributed by atoms with Crippen LogP contribution in [0.25, 0.3) is 10.9 Å². The molecule has 0 atom stereocenters. The average molecular weight is 340 g/mol. The predicted molar refractivity (Wildman–Crippen MR) is 109 cm³/mol. The van der Waals surface area contributed by atoms with Gasteiger partial charge in [-0.1, -0.05) is 72.8 Å². The Morgan fingerprint density at radius 3 is 2.31 bits per heavy atom. The van der Waals surface area contributed by atoms with Crippen LogP contribution in [-0.2, 0) is 19.6 Å². The molecule has 0 aliphatic heterocycles. The second-order valence-corrected chi connectivity index (χ2v) is 6.82. The molecule has 2 nitrogen and oxygen atoms in total. The smallest absolute Gasteiger partial charge is 0.0486 e. The number of aromatic nitrogens is 1. The van der Waals surface area contributed by atoms with Crippen LogP contribution in [0.15, 0.2) is 85.1 Å². The minimum Gasteiger partial charge on any atom is -0.343 e. The van der Waals surface area contributed by atoms with Crippen molar-refractivity contribution >= 4 is 10.9 Å². The molecule has 0 bridgehead atoms. The highest BCUT2D eigenvalue weighted by molar-refractivity contribution is 5.84. The Kier molecular flexibility index (Phi) is 4.85. The summed E-state index contributed by atoms with van der Waals surface area (Å²) in [7, 11) is 0. The Hall–Kier alpha value is -2.84. The van der Waals surface area contributed by atoms with Gasteiger partial charge in [0.1, 0.15) is 0 Å². The predicted octanol–water partition coefficient (Wildman–Crippen LogP) is 5.29. The molecule has 2 heteroatoms. The lowest BCUT2D eigenvalue weighted by atomic mass is 10.1. The van der Waals surface area contributed by atoms with E-state index >= 15 is 0 Å². The summed E-state index contributed by atoms with van der Waals surface area (Å²) in [6.45, 7) is 4.85. The van der Waals surface area contributed by atoms with E-state index in [-0.39, 0.29) is 0 Å². The third-order valence-electron chi connectivity index (χ3n) is 4.96. The number of aryl methyl sites for hydroxylation is 1. The molecule has 0 spiro atoms. The van der Waals surface area contributed by atoms with Crippen molar-refractivity contribution < 1.29 is 0 Å². The number of nitrogens with one attached hydrogen (secondary N) is 1. The topological polar surface area (TPSA) is 17.0 Å². The van der Waals surface area contributed by atoms with Crippen molar-refractivity contribution in [3.8, 4) is 0 Å². The third-order valence-corrected chi connectivity index (χ3v) is 4.96. The molecule has 0 saturated carbocycles. The molecular weight excluding hydrogens is 316 g/mol. The monoisotopic (exact) mass is 340 g/mol. The molecule has 0 saturated heterocycles. The van der Waals surface area contributed by atoms with Crippen molar-refractivity contribution in [2.75, 3.05) is 0 Å². The molecular formula is C24H24N2. The molecule has 4 aromatic rings. The quantitative estimate of drug-likeness (QED) is 0.505. The van der Waals surface area contributed by atoms with E-state index in [4.69, 9.17) is 0 Å². The second kappa shape index (κ2) is 7.59. The van der Waals surface area contributed by atoms with Crippen molar-refractivity contribution in [1.82, 2.24) is 9.88 Å². The maximum absolute atomic E-state index is 3.59. The molecule has 4 rings (SSSR count). The van der Waals surface area contributed by atoms with Crippen molar-refractivity contribution in [3.05, 3.63) is 107 Å². The molecule has 0 aliphatic carbocycles. The molecule has 130 valence electrons. The Morgan fingerprint density at radius 2 is 1.46 bits per heavy atom. The van der Waals surface area contributed by atoms with Crippen molar-refractivity contribution in [2.45, 2.75) is 26.6 Å². The molecule has 0 amide bonds. The maximum Gasteiger partial charge on any atom is 0.0486 e. The van der Waals surface area contributed by atoms with Crippen molar-refractivity contribution in [3.63, 3.8) is 0 Å². The summed E-state index contributed by atoms with van der Waals surface area (Å²) >= 11 is 0. The molecule has 0 unspecified atom stereocenters. The van der Waals surface area contributed by atoms with Gasteiger partial charge in [-0.15, -0.1) is 0 Å². The zero-order chi connectivity index (χ0) is 17.8. The fourth-order valence-electron chi connectivity index (χ4n) is 3.50. The van der Waals surface area contributed by atoms with Gasteiger partial charge in [-0.25, -0.2) is 0 Å². The van der Waals surface area contributed by atoms with Gasteiger partial charge in [-0.05, 0) is 35.2 Å². The Bertz CT molecular complexity index is 999. The standard InChI is InChI=1S/C24H24N2/c1-19-9-5-6-12-21(19)17-26-18-22(23-13-7-8-14-24(23)26)16-25-15-20-10-3-2-4-11-20/h2-14,18,25H,15-17H2,1H3. The lowest BCUT2D eigenvalue weighted by Crippen LogP contribution is -2.12. The van der Waals surface area contributed by atoms with E-state index in [1.807, 2.05) is 0 Å². The number of hydrogen-bond donors (Lipinski definition) is 1. The van der Waals surface area contributed by atoms with Crippen molar-refractivity contribution in [1.29, 1.82) is 0 Å². The minimum absolute atomic E-state index is 0.871. The fourth-order valence-corrected chi connectivity index (χ4v) is 3.50. The van der Waals surface area contributed by atoms with Gasteiger partial charge in [-0.3, -0.25) is 0 Å². The first-order chi connectivity index (χ1) is 12.8. The molecule has 0 fully saturated rings. The number of nitrogens with zero attached hydrogens (tertiary/aromatic N) is 1. The lowest BCUT2D eigenvalue weighted by Gasteiger charge is -2.08. The molecule has 0 radical (unpaired) electrons. The summed E-state index contributed by atoms with van der Waals surface area (Å²) in [6.07, 6.45) is 2.30. The lowest BCUT2D eigenvalue weighted by molar-refractivity contribution is 0.692. The van der Waals surface area contributed by atoms with Gasteiger partial charge in [-0.2, -0.15) is 0 Å². The number of para-hydroxylation sites is 1. The normalized spacial score (nSPS) is 11.1. The SMILES string of the molecule is Cc1ccccc1Cn1cc(CNCc2ccccc2)c2ccccc21. The molecule has 1 heterocycles. The third kappa shape index (κ3) is 3.56. The van der Waals surface area contributed by atoms with Gasteiger partial charge in [0.25, 0.3) is 0 Å². The minimum atomic E-state index is 0.871. The summed E-state index contributed by atoms with van der Waals surface area (Å²) in [5, 5.41) is 4.92. The largest absolute Gasteiger partial charge is 0.343 e. The summed E-state index contributed by atoms with van der Waals surface area (Å²) in [4.78, 5) is 0. The van der Waals surface area contributed by atoms with E-state index in [0.29, 0.717) is 0 Å². The number of hydrogen-bond acceptors (Lipinski definition) is 1. The number of benzene rings is 3. The van der Waals surface area contributed by atoms with Gasteiger partial charge in [0, 0.05) is 36.7 Å². The van der Waals surface area contributed by atoms with Crippen LogP contribution in [0.2, 0.25) is 0 Å². The summed E-state index contributed by atoms with van der Waals surface area (Å²) in [5.41, 5.74) is 6.68. The summed E-state index contributed by atoms with van der Waals surface area (Å²) in [6, 6.07) is 27.9. The van der Waals surface area contributed by atoms with E-state index < -0.39 is 0 Å². The zero-order valence-electron chi connectivity index (χ0n) is 15.2. The number of rotatable bonds is 6. The first kappa shape index (κ1) is 16.6. The Labute approximate surface area is 155 Å². The van der Waals surface area contributed by atoms with Crippen LogP contribution in [0.3, 0.4) is 0 Å². The maximum atomic E-state index is 3.59. The van der Waals surface area contributed by atoms with Crippen LogP contribution in [0.1, 0.15) is 22.3 Å². The highest BCUT2D eigenvalue weighted by atomic mass is 15.0. The van der Waals surface area contributed by atoms with Gasteiger partial charge in [0.2, 0.25) is 0 Å². The van der Waals surface area contributed by atoms with Gasteiger partial charge < -0.3 is 9.88 Å². The summed E-state index contributed by atoms with van der Waals surface area (Å²) in [5.74, 6) is 0. The molecule has 1 N–H and O–H groups in total. The van der Waals surface area contributed by atoms with Crippen LogP contribution in [-0.4, -0.2) is 4.57 Å². The first-order valence-electron chi connectivity index (χ1n) is 9.17. The van der Waals surface area contributed by atoms with Crippen LogP contribution < -0.4 is 5.32 Å². The van der Waals surface area contributed by atoms with Crippen molar-refractivity contribution in [2.24, 2.45) is 0 Å².